The van der Waals surface area contributed by atoms with Crippen LogP contribution in [0.4, 0.5) is 0 Å². The Labute approximate surface area is 174 Å². The van der Waals surface area contributed by atoms with Crippen molar-refractivity contribution in [2.45, 2.75) is 56.4 Å². The Morgan fingerprint density at radius 2 is 1.41 bits per heavy atom. The molecule has 0 bridgehead atoms. The summed E-state index contributed by atoms with van der Waals surface area (Å²) < 4.78 is 55.1. The SMILES string of the molecule is Cc1cc(C)c(S(=O)(=O)NCc2ccc(S(=O)(=O)N3CCCCC3)cc2)c(C)c1. The molecule has 1 heterocycles. The third-order valence-corrected chi connectivity index (χ3v) is 8.83. The van der Waals surface area contributed by atoms with Gasteiger partial charge < -0.3 is 0 Å². The molecule has 1 fully saturated rings. The maximum absolute atomic E-state index is 12.8. The number of piperidine rings is 1. The summed E-state index contributed by atoms with van der Waals surface area (Å²) in [6, 6.07) is 10.1. The maximum atomic E-state index is 12.8. The van der Waals surface area contributed by atoms with Gasteiger partial charge in [-0.2, -0.15) is 4.31 Å². The minimum atomic E-state index is -3.67. The van der Waals surface area contributed by atoms with E-state index >= 15 is 0 Å². The van der Waals surface area contributed by atoms with Crippen molar-refractivity contribution in [1.29, 1.82) is 0 Å². The van der Waals surface area contributed by atoms with Crippen LogP contribution in [0.2, 0.25) is 0 Å². The molecule has 1 aliphatic heterocycles. The van der Waals surface area contributed by atoms with Gasteiger partial charge in [0.05, 0.1) is 9.79 Å². The molecule has 158 valence electrons. The number of benzene rings is 2. The summed E-state index contributed by atoms with van der Waals surface area (Å²) >= 11 is 0. The minimum absolute atomic E-state index is 0.0964. The van der Waals surface area contributed by atoms with Gasteiger partial charge in [-0.05, 0) is 62.4 Å². The molecular weight excluding hydrogens is 408 g/mol. The van der Waals surface area contributed by atoms with Crippen molar-refractivity contribution >= 4 is 20.0 Å². The van der Waals surface area contributed by atoms with Crippen molar-refractivity contribution in [2.75, 3.05) is 13.1 Å². The van der Waals surface area contributed by atoms with Crippen LogP contribution in [0.5, 0.6) is 0 Å². The highest BCUT2D eigenvalue weighted by Crippen LogP contribution is 2.23. The molecule has 2 aromatic carbocycles. The molecule has 0 aliphatic carbocycles. The molecule has 0 unspecified atom stereocenters. The molecule has 0 radical (unpaired) electrons. The Bertz CT molecular complexity index is 1060. The molecule has 1 saturated heterocycles. The number of nitrogens with zero attached hydrogens (tertiary/aromatic N) is 1. The van der Waals surface area contributed by atoms with Gasteiger partial charge in [0.1, 0.15) is 0 Å². The smallest absolute Gasteiger partial charge is 0.207 e. The average molecular weight is 437 g/mol. The van der Waals surface area contributed by atoms with E-state index in [0.717, 1.165) is 24.8 Å². The van der Waals surface area contributed by atoms with Crippen molar-refractivity contribution in [3.8, 4) is 0 Å². The zero-order valence-electron chi connectivity index (χ0n) is 17.1. The summed E-state index contributed by atoms with van der Waals surface area (Å²) in [5.74, 6) is 0. The molecule has 1 aliphatic rings. The lowest BCUT2D eigenvalue weighted by Gasteiger charge is -2.25. The van der Waals surface area contributed by atoms with Crippen LogP contribution in [0, 0.1) is 20.8 Å². The molecule has 8 heteroatoms. The Kier molecular flexibility index (Phi) is 6.48. The minimum Gasteiger partial charge on any atom is -0.207 e. The predicted octanol–water partition coefficient (Wildman–Crippen LogP) is 3.26. The lowest BCUT2D eigenvalue weighted by atomic mass is 10.1. The molecule has 6 nitrogen and oxygen atoms in total. The number of hydrogen-bond acceptors (Lipinski definition) is 4. The lowest BCUT2D eigenvalue weighted by molar-refractivity contribution is 0.346. The highest BCUT2D eigenvalue weighted by atomic mass is 32.2. The van der Waals surface area contributed by atoms with Gasteiger partial charge in [-0.3, -0.25) is 0 Å². The zero-order chi connectivity index (χ0) is 21.2. The van der Waals surface area contributed by atoms with E-state index in [-0.39, 0.29) is 11.4 Å². The van der Waals surface area contributed by atoms with Crippen molar-refractivity contribution < 1.29 is 16.8 Å². The van der Waals surface area contributed by atoms with E-state index in [1.807, 2.05) is 19.1 Å². The summed E-state index contributed by atoms with van der Waals surface area (Å²) in [4.78, 5) is 0.545. The number of sulfonamides is 2. The predicted molar refractivity (Wildman–Crippen MR) is 114 cm³/mol. The summed E-state index contributed by atoms with van der Waals surface area (Å²) in [7, 11) is -7.15. The van der Waals surface area contributed by atoms with Crippen molar-refractivity contribution in [1.82, 2.24) is 9.03 Å². The van der Waals surface area contributed by atoms with Crippen molar-refractivity contribution in [3.63, 3.8) is 0 Å². The summed E-state index contributed by atoms with van der Waals surface area (Å²) in [6.45, 7) is 6.71. The fraction of sp³-hybridized carbons (Fsp3) is 0.429. The van der Waals surface area contributed by atoms with E-state index in [4.69, 9.17) is 0 Å². The standard InChI is InChI=1S/C21H28N2O4S2/c1-16-13-17(2)21(18(3)14-16)28(24,25)22-15-19-7-9-20(10-8-19)29(26,27)23-11-5-4-6-12-23/h7-10,13-14,22H,4-6,11-12,15H2,1-3H3. The second-order valence-electron chi connectivity index (χ2n) is 7.66. The molecular formula is C21H28N2O4S2. The summed E-state index contributed by atoms with van der Waals surface area (Å²) in [5.41, 5.74) is 3.13. The van der Waals surface area contributed by atoms with E-state index in [0.29, 0.717) is 34.7 Å². The summed E-state index contributed by atoms with van der Waals surface area (Å²) in [6.07, 6.45) is 2.83. The number of hydrogen-bond donors (Lipinski definition) is 1. The van der Waals surface area contributed by atoms with Gasteiger partial charge in [0.25, 0.3) is 0 Å². The second kappa shape index (κ2) is 8.55. The van der Waals surface area contributed by atoms with Crippen LogP contribution in [0.3, 0.4) is 0 Å². The van der Waals surface area contributed by atoms with Gasteiger partial charge in [0.2, 0.25) is 20.0 Å². The number of nitrogens with one attached hydrogen (secondary N) is 1. The third kappa shape index (κ3) is 4.88. The Hall–Kier alpha value is -1.74. The first kappa shape index (κ1) is 22.0. The Balaban J connectivity index is 1.73. The van der Waals surface area contributed by atoms with Crippen LogP contribution in [0.15, 0.2) is 46.2 Å². The third-order valence-electron chi connectivity index (χ3n) is 5.22. The van der Waals surface area contributed by atoms with Gasteiger partial charge in [0, 0.05) is 19.6 Å². The van der Waals surface area contributed by atoms with Crippen LogP contribution >= 0.6 is 0 Å². The topological polar surface area (TPSA) is 83.5 Å². The normalized spacial score (nSPS) is 16.1. The number of rotatable bonds is 6. The Morgan fingerprint density at radius 1 is 0.862 bits per heavy atom. The van der Waals surface area contributed by atoms with E-state index in [1.54, 1.807) is 38.1 Å². The molecule has 0 saturated carbocycles. The van der Waals surface area contributed by atoms with Crippen LogP contribution in [0.1, 0.15) is 41.5 Å². The zero-order valence-corrected chi connectivity index (χ0v) is 18.7. The first-order valence-electron chi connectivity index (χ1n) is 9.78. The van der Waals surface area contributed by atoms with Crippen LogP contribution < -0.4 is 4.72 Å². The van der Waals surface area contributed by atoms with Crippen molar-refractivity contribution in [2.24, 2.45) is 0 Å². The highest BCUT2D eigenvalue weighted by molar-refractivity contribution is 7.89. The molecule has 0 atom stereocenters. The molecule has 0 spiro atoms. The molecule has 2 aromatic rings. The molecule has 0 aromatic heterocycles. The van der Waals surface area contributed by atoms with Gasteiger partial charge in [-0.25, -0.2) is 21.6 Å². The quantitative estimate of drug-likeness (QED) is 0.753. The fourth-order valence-electron chi connectivity index (χ4n) is 3.87. The van der Waals surface area contributed by atoms with Gasteiger partial charge in [-0.1, -0.05) is 36.2 Å². The molecule has 1 N–H and O–H groups in total. The largest absolute Gasteiger partial charge is 0.243 e. The van der Waals surface area contributed by atoms with Crippen LogP contribution in [0.25, 0.3) is 0 Å². The lowest BCUT2D eigenvalue weighted by Crippen LogP contribution is -2.35. The van der Waals surface area contributed by atoms with E-state index in [9.17, 15) is 16.8 Å². The van der Waals surface area contributed by atoms with Gasteiger partial charge in [0.15, 0.2) is 0 Å². The molecule has 0 amide bonds. The maximum Gasteiger partial charge on any atom is 0.243 e. The average Bonchev–Trinajstić information content (AvgIpc) is 2.66. The number of aryl methyl sites for hydroxylation is 3. The second-order valence-corrected chi connectivity index (χ2v) is 11.3. The monoisotopic (exact) mass is 436 g/mol. The van der Waals surface area contributed by atoms with E-state index in [1.165, 1.54) is 4.31 Å². The molecule has 3 rings (SSSR count). The Morgan fingerprint density at radius 3 is 1.97 bits per heavy atom. The van der Waals surface area contributed by atoms with E-state index in [2.05, 4.69) is 4.72 Å². The van der Waals surface area contributed by atoms with Gasteiger partial charge >= 0.3 is 0 Å². The summed E-state index contributed by atoms with van der Waals surface area (Å²) in [5, 5.41) is 0. The highest BCUT2D eigenvalue weighted by Gasteiger charge is 2.26. The van der Waals surface area contributed by atoms with Crippen LogP contribution in [-0.2, 0) is 26.6 Å². The van der Waals surface area contributed by atoms with Gasteiger partial charge in [-0.15, -0.1) is 0 Å². The molecule has 29 heavy (non-hydrogen) atoms. The first-order chi connectivity index (χ1) is 13.6. The van der Waals surface area contributed by atoms with Crippen molar-refractivity contribution in [3.05, 3.63) is 58.7 Å². The fourth-order valence-corrected chi connectivity index (χ4v) is 6.86. The first-order valence-corrected chi connectivity index (χ1v) is 12.7. The van der Waals surface area contributed by atoms with Crippen LogP contribution in [-0.4, -0.2) is 34.2 Å². The van der Waals surface area contributed by atoms with E-state index < -0.39 is 20.0 Å².